The van der Waals surface area contributed by atoms with Gasteiger partial charge in [0, 0.05) is 24.7 Å². The van der Waals surface area contributed by atoms with Crippen LogP contribution in [0.25, 0.3) is 0 Å². The first-order chi connectivity index (χ1) is 14.6. The van der Waals surface area contributed by atoms with Gasteiger partial charge in [-0.15, -0.1) is 0 Å². The van der Waals surface area contributed by atoms with Gasteiger partial charge in [0.1, 0.15) is 11.6 Å². The standard InChI is InChI=1S/C22H26ClFN4O2/c1-29-22(27-20-8-5-16(23)13-19(20)24)18-7-6-17(14-21(18)25-15-26-22)30-12-4-11-28-9-2-3-10-28/h5-8,13-15,27H,2-4,9-12H2,1H3,(H,25,26). The van der Waals surface area contributed by atoms with E-state index in [1.807, 2.05) is 18.2 Å². The van der Waals surface area contributed by atoms with Gasteiger partial charge in [-0.05, 0) is 62.7 Å². The molecule has 1 atom stereocenters. The molecule has 2 aromatic rings. The first-order valence-electron chi connectivity index (χ1n) is 10.2. The van der Waals surface area contributed by atoms with Gasteiger partial charge in [0.2, 0.25) is 0 Å². The fourth-order valence-electron chi connectivity index (χ4n) is 3.86. The number of halogens is 2. The summed E-state index contributed by atoms with van der Waals surface area (Å²) in [5.74, 6) is -0.975. The van der Waals surface area contributed by atoms with Crippen molar-refractivity contribution in [3.8, 4) is 5.75 Å². The van der Waals surface area contributed by atoms with E-state index in [9.17, 15) is 4.39 Å². The molecule has 0 aliphatic carbocycles. The van der Waals surface area contributed by atoms with Crippen LogP contribution in [-0.4, -0.2) is 44.6 Å². The van der Waals surface area contributed by atoms with Crippen molar-refractivity contribution in [2.75, 3.05) is 44.0 Å². The number of likely N-dealkylation sites (tertiary alicyclic amines) is 1. The summed E-state index contributed by atoms with van der Waals surface area (Å²) in [5, 5.41) is 6.50. The lowest BCUT2D eigenvalue weighted by molar-refractivity contribution is 0.0188. The molecule has 2 N–H and O–H groups in total. The molecule has 6 nitrogen and oxygen atoms in total. The Bertz CT molecular complexity index is 920. The number of anilines is 2. The molecule has 2 heterocycles. The Labute approximate surface area is 181 Å². The third kappa shape index (κ3) is 4.53. The van der Waals surface area contributed by atoms with Crippen molar-refractivity contribution in [3.63, 3.8) is 0 Å². The number of nitrogens with zero attached hydrogens (tertiary/aromatic N) is 2. The third-order valence-corrected chi connectivity index (χ3v) is 5.67. The van der Waals surface area contributed by atoms with Crippen molar-refractivity contribution < 1.29 is 13.9 Å². The van der Waals surface area contributed by atoms with Crippen LogP contribution in [-0.2, 0) is 10.6 Å². The van der Waals surface area contributed by atoms with Gasteiger partial charge in [-0.3, -0.25) is 0 Å². The van der Waals surface area contributed by atoms with Gasteiger partial charge in [0.15, 0.2) is 0 Å². The van der Waals surface area contributed by atoms with Gasteiger partial charge in [-0.2, -0.15) is 0 Å². The highest BCUT2D eigenvalue weighted by atomic mass is 35.5. The van der Waals surface area contributed by atoms with Crippen molar-refractivity contribution in [3.05, 3.63) is 52.8 Å². The molecule has 4 rings (SSSR count). The fraction of sp³-hybridized carbons (Fsp3) is 0.409. The molecule has 0 amide bonds. The Morgan fingerprint density at radius 3 is 2.83 bits per heavy atom. The smallest absolute Gasteiger partial charge is 0.267 e. The SMILES string of the molecule is COC1(Nc2ccc(Cl)cc2F)N=CNc2cc(OCCCN3CCCC3)ccc21. The molecule has 2 aliphatic rings. The van der Waals surface area contributed by atoms with Crippen LogP contribution in [0.3, 0.4) is 0 Å². The van der Waals surface area contributed by atoms with E-state index in [0.717, 1.165) is 30.0 Å². The molecule has 0 bridgehead atoms. The maximum absolute atomic E-state index is 14.3. The summed E-state index contributed by atoms with van der Waals surface area (Å²) in [7, 11) is 1.52. The number of methoxy groups -OCH3 is 1. The largest absolute Gasteiger partial charge is 0.493 e. The molecule has 0 radical (unpaired) electrons. The predicted molar refractivity (Wildman–Crippen MR) is 118 cm³/mol. The topological polar surface area (TPSA) is 58.1 Å². The molecule has 2 aromatic carbocycles. The van der Waals surface area contributed by atoms with E-state index >= 15 is 0 Å². The second kappa shape index (κ2) is 9.20. The minimum absolute atomic E-state index is 0.244. The van der Waals surface area contributed by atoms with Crippen LogP contribution < -0.4 is 15.4 Å². The Kier molecular flexibility index (Phi) is 6.41. The van der Waals surface area contributed by atoms with E-state index in [-0.39, 0.29) is 5.69 Å². The Balaban J connectivity index is 1.46. The number of ether oxygens (including phenoxy) is 2. The molecule has 0 saturated carbocycles. The van der Waals surface area contributed by atoms with Gasteiger partial charge in [-0.25, -0.2) is 9.38 Å². The number of fused-ring (bicyclic) bond motifs is 1. The van der Waals surface area contributed by atoms with Crippen LogP contribution in [0.5, 0.6) is 5.75 Å². The van der Waals surface area contributed by atoms with Crippen molar-refractivity contribution in [1.29, 1.82) is 0 Å². The first-order valence-corrected chi connectivity index (χ1v) is 10.6. The summed E-state index contributed by atoms with van der Waals surface area (Å²) < 4.78 is 26.0. The number of benzene rings is 2. The maximum Gasteiger partial charge on any atom is 0.267 e. The summed E-state index contributed by atoms with van der Waals surface area (Å²) in [4.78, 5) is 6.89. The van der Waals surface area contributed by atoms with Crippen molar-refractivity contribution >= 4 is 29.3 Å². The van der Waals surface area contributed by atoms with E-state index in [0.29, 0.717) is 11.6 Å². The maximum atomic E-state index is 14.3. The minimum atomic E-state index is -1.26. The highest BCUT2D eigenvalue weighted by Gasteiger charge is 2.36. The zero-order valence-electron chi connectivity index (χ0n) is 17.0. The van der Waals surface area contributed by atoms with Crippen LogP contribution in [0.4, 0.5) is 15.8 Å². The fourth-order valence-corrected chi connectivity index (χ4v) is 4.02. The van der Waals surface area contributed by atoms with Crippen molar-refractivity contribution in [2.45, 2.75) is 25.1 Å². The third-order valence-electron chi connectivity index (χ3n) is 5.44. The molecule has 1 saturated heterocycles. The number of hydrogen-bond acceptors (Lipinski definition) is 6. The number of hydrogen-bond donors (Lipinski definition) is 2. The number of rotatable bonds is 8. The van der Waals surface area contributed by atoms with E-state index in [4.69, 9.17) is 21.1 Å². The first kappa shape index (κ1) is 20.9. The molecule has 1 fully saturated rings. The molecule has 2 aliphatic heterocycles. The summed E-state index contributed by atoms with van der Waals surface area (Å²) in [6, 6.07) is 10.1. The lowest BCUT2D eigenvalue weighted by Gasteiger charge is -2.34. The van der Waals surface area contributed by atoms with Crippen molar-refractivity contribution in [1.82, 2.24) is 4.90 Å². The average Bonchev–Trinajstić information content (AvgIpc) is 3.27. The van der Waals surface area contributed by atoms with E-state index in [2.05, 4.69) is 20.5 Å². The molecular weight excluding hydrogens is 407 g/mol. The van der Waals surface area contributed by atoms with Crippen LogP contribution in [0.2, 0.25) is 5.02 Å². The molecule has 1 unspecified atom stereocenters. The Morgan fingerprint density at radius 2 is 2.07 bits per heavy atom. The van der Waals surface area contributed by atoms with Crippen LogP contribution in [0.1, 0.15) is 24.8 Å². The summed E-state index contributed by atoms with van der Waals surface area (Å²) in [5.41, 5.74) is 1.76. The van der Waals surface area contributed by atoms with Crippen molar-refractivity contribution in [2.24, 2.45) is 4.99 Å². The van der Waals surface area contributed by atoms with Crippen LogP contribution >= 0.6 is 11.6 Å². The summed E-state index contributed by atoms with van der Waals surface area (Å²) in [6.45, 7) is 4.12. The molecular formula is C22H26ClFN4O2. The van der Waals surface area contributed by atoms with E-state index < -0.39 is 11.7 Å². The average molecular weight is 433 g/mol. The highest BCUT2D eigenvalue weighted by Crippen LogP contribution is 2.38. The van der Waals surface area contributed by atoms with E-state index in [1.165, 1.54) is 45.4 Å². The normalized spacial score (nSPS) is 20.6. The van der Waals surface area contributed by atoms with Gasteiger partial charge in [-0.1, -0.05) is 11.6 Å². The molecule has 30 heavy (non-hydrogen) atoms. The second-order valence-electron chi connectivity index (χ2n) is 7.46. The molecule has 0 aromatic heterocycles. The zero-order valence-corrected chi connectivity index (χ0v) is 17.7. The summed E-state index contributed by atoms with van der Waals surface area (Å²) >= 11 is 5.86. The predicted octanol–water partition coefficient (Wildman–Crippen LogP) is 4.67. The van der Waals surface area contributed by atoms with Crippen LogP contribution in [0, 0.1) is 5.82 Å². The highest BCUT2D eigenvalue weighted by molar-refractivity contribution is 6.30. The van der Waals surface area contributed by atoms with Gasteiger partial charge in [0.25, 0.3) is 5.85 Å². The molecule has 0 spiro atoms. The minimum Gasteiger partial charge on any atom is -0.493 e. The Morgan fingerprint density at radius 1 is 1.23 bits per heavy atom. The number of aliphatic imine (C=N–C) groups is 1. The van der Waals surface area contributed by atoms with Gasteiger partial charge >= 0.3 is 0 Å². The molecule has 8 heteroatoms. The lowest BCUT2D eigenvalue weighted by Crippen LogP contribution is -2.39. The van der Waals surface area contributed by atoms with Gasteiger partial charge in [0.05, 0.1) is 29.9 Å². The zero-order chi connectivity index (χ0) is 21.0. The molecule has 160 valence electrons. The van der Waals surface area contributed by atoms with Gasteiger partial charge < -0.3 is 25.0 Å². The van der Waals surface area contributed by atoms with E-state index in [1.54, 1.807) is 12.1 Å². The Hall–Kier alpha value is -2.35. The van der Waals surface area contributed by atoms with Crippen LogP contribution in [0.15, 0.2) is 41.4 Å². The second-order valence-corrected chi connectivity index (χ2v) is 7.89. The quantitative estimate of drug-likeness (QED) is 0.469. The summed E-state index contributed by atoms with van der Waals surface area (Å²) in [6.07, 6.45) is 5.12. The monoisotopic (exact) mass is 432 g/mol. The number of nitrogens with one attached hydrogen (secondary N) is 2. The lowest BCUT2D eigenvalue weighted by atomic mass is 10.1.